The van der Waals surface area contributed by atoms with E-state index in [-0.39, 0.29) is 19.1 Å². The molecule has 350 valence electrons. The number of aliphatic hydroxyl groups excluding tert-OH is 1. The molecule has 0 aromatic rings. The molecule has 0 saturated carbocycles. The molecule has 0 rings (SSSR count). The number of hydrogen-bond donors (Lipinski definition) is 2. The number of phosphoric acid groups is 1. The van der Waals surface area contributed by atoms with E-state index in [1.807, 2.05) is 27.2 Å². The Bertz CT molecular complexity index is 1020. The van der Waals surface area contributed by atoms with E-state index in [9.17, 15) is 19.4 Å². The second-order valence-electron chi connectivity index (χ2n) is 18.5. The first-order valence-corrected chi connectivity index (χ1v) is 26.7. The van der Waals surface area contributed by atoms with Gasteiger partial charge in [0.25, 0.3) is 7.82 Å². The largest absolute Gasteiger partial charge is 0.756 e. The Morgan fingerprint density at radius 3 is 1.32 bits per heavy atom. The summed E-state index contributed by atoms with van der Waals surface area (Å²) in [5, 5.41) is 13.8. The monoisotopic (exact) mass is 855 g/mol. The van der Waals surface area contributed by atoms with E-state index in [1.54, 1.807) is 6.08 Å². The van der Waals surface area contributed by atoms with Crippen molar-refractivity contribution in [3.8, 4) is 0 Å². The molecule has 3 unspecified atom stereocenters. The van der Waals surface area contributed by atoms with Crippen LogP contribution in [0, 0.1) is 0 Å². The lowest BCUT2D eigenvalue weighted by Crippen LogP contribution is -2.45. The third-order valence-electron chi connectivity index (χ3n) is 11.4. The Kier molecular flexibility index (Phi) is 41.6. The number of hydrogen-bond acceptors (Lipinski definition) is 6. The minimum absolute atomic E-state index is 0.00000157. The van der Waals surface area contributed by atoms with Crippen LogP contribution in [0.1, 0.15) is 239 Å². The molecule has 0 bridgehead atoms. The predicted octanol–water partition coefficient (Wildman–Crippen LogP) is 13.8. The van der Waals surface area contributed by atoms with Crippen molar-refractivity contribution in [2.75, 3.05) is 40.9 Å². The summed E-state index contributed by atoms with van der Waals surface area (Å²) in [6.07, 6.45) is 51.1. The number of nitrogens with zero attached hydrogens (tertiary/aromatic N) is 1. The number of allylic oxidation sites excluding steroid dienone is 3. The fourth-order valence-electron chi connectivity index (χ4n) is 7.38. The fraction of sp³-hybridized carbons (Fsp3) is 0.900. The summed E-state index contributed by atoms with van der Waals surface area (Å²) in [5.74, 6) is -0.198. The zero-order valence-electron chi connectivity index (χ0n) is 39.7. The van der Waals surface area contributed by atoms with Crippen molar-refractivity contribution >= 4 is 13.7 Å². The number of carbonyl (C=O) groups excluding carboxylic acids is 1. The predicted molar refractivity (Wildman–Crippen MR) is 252 cm³/mol. The second-order valence-corrected chi connectivity index (χ2v) is 19.9. The van der Waals surface area contributed by atoms with E-state index < -0.39 is 20.0 Å². The Labute approximate surface area is 366 Å². The number of quaternary nitrogens is 1. The number of likely N-dealkylation sites (N-methyl/N-ethyl adjacent to an activating group) is 1. The molecule has 0 fully saturated rings. The summed E-state index contributed by atoms with van der Waals surface area (Å²) >= 11 is 0. The van der Waals surface area contributed by atoms with Crippen LogP contribution in [0.25, 0.3) is 0 Å². The van der Waals surface area contributed by atoms with Gasteiger partial charge in [-0.25, -0.2) is 0 Å². The summed E-state index contributed by atoms with van der Waals surface area (Å²) in [7, 11) is 1.26. The van der Waals surface area contributed by atoms with Crippen molar-refractivity contribution in [3.63, 3.8) is 0 Å². The number of nitrogens with one attached hydrogen (secondary N) is 1. The van der Waals surface area contributed by atoms with Crippen LogP contribution < -0.4 is 10.2 Å². The zero-order chi connectivity index (χ0) is 43.6. The molecule has 0 aromatic heterocycles. The maximum atomic E-state index is 12.9. The highest BCUT2D eigenvalue weighted by Crippen LogP contribution is 2.38. The van der Waals surface area contributed by atoms with Gasteiger partial charge in [0, 0.05) is 6.42 Å². The van der Waals surface area contributed by atoms with Crippen molar-refractivity contribution in [3.05, 3.63) is 24.3 Å². The van der Waals surface area contributed by atoms with Gasteiger partial charge >= 0.3 is 0 Å². The standard InChI is InChI=1S/C50H99N2O6P/c1-6-8-10-12-14-16-18-19-20-21-22-23-24-25-26-27-28-29-30-31-32-33-34-36-38-40-42-44-50(54)51-48(47-58-59(55,56)57-46-45-52(3,4)5)49(53)43-41-39-37-35-17-15-13-11-9-7-2/h25-26,41,43,48-49,53H,6-24,27-40,42,44-47H2,1-5H3,(H-,51,54,55,56)/b26-25-,43-41+. The molecule has 9 heteroatoms. The molecule has 0 saturated heterocycles. The van der Waals surface area contributed by atoms with Gasteiger partial charge in [0.15, 0.2) is 0 Å². The smallest absolute Gasteiger partial charge is 0.268 e. The van der Waals surface area contributed by atoms with E-state index in [2.05, 4.69) is 31.3 Å². The van der Waals surface area contributed by atoms with Gasteiger partial charge in [-0.3, -0.25) is 9.36 Å². The number of amides is 1. The maximum absolute atomic E-state index is 12.9. The molecule has 1 amide bonds. The summed E-state index contributed by atoms with van der Waals surface area (Å²) in [6, 6.07) is -0.882. The van der Waals surface area contributed by atoms with E-state index in [1.165, 1.54) is 180 Å². The van der Waals surface area contributed by atoms with Gasteiger partial charge in [-0.15, -0.1) is 0 Å². The molecule has 3 atom stereocenters. The van der Waals surface area contributed by atoms with E-state index in [4.69, 9.17) is 9.05 Å². The van der Waals surface area contributed by atoms with Gasteiger partial charge in [0.1, 0.15) is 13.2 Å². The van der Waals surface area contributed by atoms with Gasteiger partial charge in [-0.05, 0) is 44.9 Å². The highest BCUT2D eigenvalue weighted by molar-refractivity contribution is 7.45. The molecule has 0 aromatic carbocycles. The molecule has 2 N–H and O–H groups in total. The quantitative estimate of drug-likeness (QED) is 0.0273. The molecule has 59 heavy (non-hydrogen) atoms. The Morgan fingerprint density at radius 1 is 0.576 bits per heavy atom. The number of phosphoric ester groups is 1. The van der Waals surface area contributed by atoms with Gasteiger partial charge in [0.05, 0.1) is 39.9 Å². The van der Waals surface area contributed by atoms with Crippen molar-refractivity contribution in [2.24, 2.45) is 0 Å². The van der Waals surface area contributed by atoms with E-state index in [0.717, 1.165) is 38.5 Å². The van der Waals surface area contributed by atoms with Crippen molar-refractivity contribution in [1.29, 1.82) is 0 Å². The molecule has 0 aliphatic rings. The number of carbonyl (C=O) groups is 1. The summed E-state index contributed by atoms with van der Waals surface area (Å²) in [5.41, 5.74) is 0. The number of aliphatic hydroxyl groups is 1. The topological polar surface area (TPSA) is 108 Å². The summed E-state index contributed by atoms with van der Waals surface area (Å²) < 4.78 is 23.2. The SMILES string of the molecule is CCCCCCCCCC/C=C/C(O)C(COP(=O)([O-])OCC[N+](C)(C)C)NC(=O)CCCCCCCCCCCCC/C=C\CCCCCCCCCCCCCC. The lowest BCUT2D eigenvalue weighted by molar-refractivity contribution is -0.870. The normalized spacial score (nSPS) is 14.4. The first-order valence-electron chi connectivity index (χ1n) is 25.2. The molecule has 0 radical (unpaired) electrons. The van der Waals surface area contributed by atoms with Gasteiger partial charge < -0.3 is 28.8 Å². The first kappa shape index (κ1) is 58.0. The minimum atomic E-state index is -4.58. The zero-order valence-corrected chi connectivity index (χ0v) is 40.6. The van der Waals surface area contributed by atoms with Crippen molar-refractivity contribution in [1.82, 2.24) is 5.32 Å². The molecule has 0 aliphatic heterocycles. The molecule has 0 aliphatic carbocycles. The van der Waals surface area contributed by atoms with Crippen molar-refractivity contribution in [2.45, 2.75) is 251 Å². The molecule has 0 heterocycles. The van der Waals surface area contributed by atoms with Crippen LogP contribution in [0.3, 0.4) is 0 Å². The van der Waals surface area contributed by atoms with Crippen LogP contribution in [0.4, 0.5) is 0 Å². The number of rotatable bonds is 46. The molecule has 8 nitrogen and oxygen atoms in total. The molecule has 0 spiro atoms. The van der Waals surface area contributed by atoms with Crippen LogP contribution in [0.5, 0.6) is 0 Å². The van der Waals surface area contributed by atoms with Gasteiger partial charge in [0.2, 0.25) is 5.91 Å². The number of unbranched alkanes of at least 4 members (excludes halogenated alkanes) is 31. The van der Waals surface area contributed by atoms with Crippen LogP contribution >= 0.6 is 7.82 Å². The Morgan fingerprint density at radius 2 is 0.932 bits per heavy atom. The van der Waals surface area contributed by atoms with Gasteiger partial charge in [-0.1, -0.05) is 212 Å². The lowest BCUT2D eigenvalue weighted by Gasteiger charge is -2.29. The Balaban J connectivity index is 4.09. The molecular weight excluding hydrogens is 756 g/mol. The average molecular weight is 855 g/mol. The summed E-state index contributed by atoms with van der Waals surface area (Å²) in [4.78, 5) is 25.3. The van der Waals surface area contributed by atoms with Gasteiger partial charge in [-0.2, -0.15) is 0 Å². The minimum Gasteiger partial charge on any atom is -0.756 e. The van der Waals surface area contributed by atoms with Crippen LogP contribution in [-0.4, -0.2) is 68.5 Å². The van der Waals surface area contributed by atoms with Crippen LogP contribution in [-0.2, 0) is 18.4 Å². The van der Waals surface area contributed by atoms with Crippen LogP contribution in [0.15, 0.2) is 24.3 Å². The second kappa shape index (κ2) is 42.3. The first-order chi connectivity index (χ1) is 28.5. The van der Waals surface area contributed by atoms with E-state index in [0.29, 0.717) is 17.4 Å². The third-order valence-corrected chi connectivity index (χ3v) is 12.4. The maximum Gasteiger partial charge on any atom is 0.268 e. The highest BCUT2D eigenvalue weighted by atomic mass is 31.2. The average Bonchev–Trinajstić information content (AvgIpc) is 3.19. The van der Waals surface area contributed by atoms with Crippen LogP contribution in [0.2, 0.25) is 0 Å². The van der Waals surface area contributed by atoms with E-state index >= 15 is 0 Å². The fourth-order valence-corrected chi connectivity index (χ4v) is 8.11. The summed E-state index contributed by atoms with van der Waals surface area (Å²) in [6.45, 7) is 4.64. The molecular formula is C50H99N2O6P. The lowest BCUT2D eigenvalue weighted by atomic mass is 10.0. The highest BCUT2D eigenvalue weighted by Gasteiger charge is 2.23. The Hall–Kier alpha value is -1.02. The third kappa shape index (κ3) is 44.8. The van der Waals surface area contributed by atoms with Crippen molar-refractivity contribution < 1.29 is 32.9 Å².